The van der Waals surface area contributed by atoms with Crippen LogP contribution >= 0.6 is 13.5 Å². The molecule has 0 aliphatic heterocycles. The predicted molar refractivity (Wildman–Crippen MR) is 88.3 cm³/mol. The number of carbonyl (C=O) groups is 1. The van der Waals surface area contributed by atoms with E-state index in [-0.39, 0.29) is 25.4 Å². The fraction of sp³-hybridized carbons (Fsp3) is 0.400. The van der Waals surface area contributed by atoms with Gasteiger partial charge in [-0.15, -0.1) is 0 Å². The van der Waals surface area contributed by atoms with Crippen molar-refractivity contribution in [2.75, 3.05) is 6.54 Å². The van der Waals surface area contributed by atoms with E-state index in [9.17, 15) is 4.79 Å². The van der Waals surface area contributed by atoms with E-state index in [2.05, 4.69) is 22.4 Å². The molecule has 4 nitrogen and oxygen atoms in total. The summed E-state index contributed by atoms with van der Waals surface area (Å²) in [5.74, 6) is -0.0542. The lowest BCUT2D eigenvalue weighted by Gasteiger charge is -2.09. The highest BCUT2D eigenvalue weighted by Gasteiger charge is 2.09. The summed E-state index contributed by atoms with van der Waals surface area (Å²) in [5, 5.41) is 4.13. The molecule has 1 atom stereocenters. The number of nitrogens with one attached hydrogen (secondary N) is 2. The molecule has 0 unspecified atom stereocenters. The molecule has 2 aromatic rings. The van der Waals surface area contributed by atoms with E-state index in [4.69, 9.17) is 5.73 Å². The van der Waals surface area contributed by atoms with Crippen LogP contribution in [0, 0.1) is 0 Å². The van der Waals surface area contributed by atoms with E-state index in [0.29, 0.717) is 13.0 Å². The molecule has 1 aromatic carbocycles. The molecule has 0 bridgehead atoms. The fourth-order valence-corrected chi connectivity index (χ4v) is 2.15. The van der Waals surface area contributed by atoms with Crippen LogP contribution in [0.2, 0.25) is 0 Å². The molecule has 20 heavy (non-hydrogen) atoms. The first-order valence-corrected chi connectivity index (χ1v) is 6.80. The number of aryl methyl sites for hydroxylation is 1. The maximum absolute atomic E-state index is 11.5. The third-order valence-corrected chi connectivity index (χ3v) is 3.37. The highest BCUT2D eigenvalue weighted by atomic mass is 32.1. The number of H-pyrrole nitrogens is 1. The fourth-order valence-electron chi connectivity index (χ4n) is 2.15. The van der Waals surface area contributed by atoms with E-state index >= 15 is 0 Å². The zero-order valence-corrected chi connectivity index (χ0v) is 12.8. The number of benzene rings is 1. The molecular formula is C15H23N3OS. The van der Waals surface area contributed by atoms with Gasteiger partial charge in [0.15, 0.2) is 0 Å². The SMILES string of the molecule is CC[C@H](N)C(=O)NCCCc1c[nH]c2ccccc12.S. The van der Waals surface area contributed by atoms with E-state index < -0.39 is 0 Å². The number of aromatic nitrogens is 1. The Labute approximate surface area is 126 Å². The average Bonchev–Trinajstić information content (AvgIpc) is 2.86. The number of fused-ring (bicyclic) bond motifs is 1. The first-order valence-electron chi connectivity index (χ1n) is 6.80. The van der Waals surface area contributed by atoms with Crippen LogP contribution in [0.4, 0.5) is 0 Å². The van der Waals surface area contributed by atoms with Crippen LogP contribution in [0.15, 0.2) is 30.5 Å². The smallest absolute Gasteiger partial charge is 0.236 e. The highest BCUT2D eigenvalue weighted by Crippen LogP contribution is 2.18. The molecule has 1 aromatic heterocycles. The van der Waals surface area contributed by atoms with E-state index in [1.807, 2.05) is 25.3 Å². The van der Waals surface area contributed by atoms with Crippen LogP contribution in [0.25, 0.3) is 10.9 Å². The molecule has 0 aliphatic carbocycles. The molecule has 0 aliphatic rings. The lowest BCUT2D eigenvalue weighted by molar-refractivity contribution is -0.122. The van der Waals surface area contributed by atoms with Crippen LogP contribution in [0.5, 0.6) is 0 Å². The van der Waals surface area contributed by atoms with Crippen molar-refractivity contribution in [1.29, 1.82) is 0 Å². The van der Waals surface area contributed by atoms with Gasteiger partial charge >= 0.3 is 0 Å². The van der Waals surface area contributed by atoms with Crippen LogP contribution in [0.1, 0.15) is 25.3 Å². The van der Waals surface area contributed by atoms with Crippen molar-refractivity contribution in [3.05, 3.63) is 36.0 Å². The third kappa shape index (κ3) is 4.02. The molecular weight excluding hydrogens is 270 g/mol. The number of aromatic amines is 1. The van der Waals surface area contributed by atoms with Gasteiger partial charge < -0.3 is 16.0 Å². The summed E-state index contributed by atoms with van der Waals surface area (Å²) < 4.78 is 0. The molecule has 0 saturated carbocycles. The minimum absolute atomic E-state index is 0. The standard InChI is InChI=1S/C15H21N3O.H2S/c1-2-13(16)15(19)17-9-5-6-11-10-18-14-8-4-3-7-12(11)14;/h3-4,7-8,10,13,18H,2,5-6,9,16H2,1H3,(H,17,19);1H2/t13-;/m0./s1. The second-order valence-corrected chi connectivity index (χ2v) is 4.77. The van der Waals surface area contributed by atoms with E-state index in [1.54, 1.807) is 0 Å². The minimum Gasteiger partial charge on any atom is -0.361 e. The van der Waals surface area contributed by atoms with Crippen LogP contribution in [0.3, 0.4) is 0 Å². The van der Waals surface area contributed by atoms with Crippen molar-refractivity contribution in [2.24, 2.45) is 5.73 Å². The van der Waals surface area contributed by atoms with Crippen LogP contribution in [-0.2, 0) is 11.2 Å². The molecule has 0 fully saturated rings. The maximum atomic E-state index is 11.5. The molecule has 0 radical (unpaired) electrons. The zero-order chi connectivity index (χ0) is 13.7. The number of para-hydroxylation sites is 1. The monoisotopic (exact) mass is 293 g/mol. The van der Waals surface area contributed by atoms with Crippen LogP contribution < -0.4 is 11.1 Å². The van der Waals surface area contributed by atoms with Crippen molar-refractivity contribution >= 4 is 30.3 Å². The first kappa shape index (κ1) is 16.6. The molecule has 1 heterocycles. The molecule has 0 saturated heterocycles. The van der Waals surface area contributed by atoms with Gasteiger partial charge in [-0.25, -0.2) is 0 Å². The summed E-state index contributed by atoms with van der Waals surface area (Å²) in [6, 6.07) is 7.87. The molecule has 110 valence electrons. The Bertz CT molecular complexity index is 553. The summed E-state index contributed by atoms with van der Waals surface area (Å²) >= 11 is 0. The molecule has 4 N–H and O–H groups in total. The Kier molecular flexibility index (Phi) is 6.61. The van der Waals surface area contributed by atoms with Gasteiger partial charge in [0, 0.05) is 23.6 Å². The van der Waals surface area contributed by atoms with Gasteiger partial charge in [0.2, 0.25) is 5.91 Å². The molecule has 2 rings (SSSR count). The first-order chi connectivity index (χ1) is 9.22. The summed E-state index contributed by atoms with van der Waals surface area (Å²) in [6.45, 7) is 2.59. The van der Waals surface area contributed by atoms with E-state index in [1.165, 1.54) is 10.9 Å². The van der Waals surface area contributed by atoms with Gasteiger partial charge in [-0.3, -0.25) is 4.79 Å². The van der Waals surface area contributed by atoms with Crippen molar-refractivity contribution in [3.63, 3.8) is 0 Å². The topological polar surface area (TPSA) is 70.9 Å². The van der Waals surface area contributed by atoms with E-state index in [0.717, 1.165) is 18.4 Å². The van der Waals surface area contributed by atoms with Gasteiger partial charge in [-0.1, -0.05) is 25.1 Å². The van der Waals surface area contributed by atoms with Crippen molar-refractivity contribution < 1.29 is 4.79 Å². The molecule has 0 spiro atoms. The number of carbonyl (C=O) groups excluding carboxylic acids is 1. The highest BCUT2D eigenvalue weighted by molar-refractivity contribution is 7.59. The summed E-state index contributed by atoms with van der Waals surface area (Å²) in [5.41, 5.74) is 8.11. The zero-order valence-electron chi connectivity index (χ0n) is 11.8. The Morgan fingerprint density at radius 3 is 2.90 bits per heavy atom. The van der Waals surface area contributed by atoms with Gasteiger partial charge in [-0.2, -0.15) is 13.5 Å². The summed E-state index contributed by atoms with van der Waals surface area (Å²) in [7, 11) is 0. The lowest BCUT2D eigenvalue weighted by atomic mass is 10.1. The third-order valence-electron chi connectivity index (χ3n) is 3.37. The van der Waals surface area contributed by atoms with Gasteiger partial charge in [0.1, 0.15) is 0 Å². The van der Waals surface area contributed by atoms with Gasteiger partial charge in [-0.05, 0) is 30.9 Å². The summed E-state index contributed by atoms with van der Waals surface area (Å²) in [6.07, 6.45) is 4.59. The summed E-state index contributed by atoms with van der Waals surface area (Å²) in [4.78, 5) is 14.8. The number of hydrogen-bond acceptors (Lipinski definition) is 2. The Morgan fingerprint density at radius 2 is 2.15 bits per heavy atom. The lowest BCUT2D eigenvalue weighted by Crippen LogP contribution is -2.40. The van der Waals surface area contributed by atoms with Gasteiger partial charge in [0.05, 0.1) is 6.04 Å². The predicted octanol–water partition coefficient (Wildman–Crippen LogP) is 2.07. The van der Waals surface area contributed by atoms with Gasteiger partial charge in [0.25, 0.3) is 0 Å². The van der Waals surface area contributed by atoms with Crippen molar-refractivity contribution in [1.82, 2.24) is 10.3 Å². The van der Waals surface area contributed by atoms with Crippen molar-refractivity contribution in [2.45, 2.75) is 32.2 Å². The maximum Gasteiger partial charge on any atom is 0.236 e. The Morgan fingerprint density at radius 1 is 1.40 bits per heavy atom. The minimum atomic E-state index is -0.381. The van der Waals surface area contributed by atoms with Crippen molar-refractivity contribution in [3.8, 4) is 0 Å². The largest absolute Gasteiger partial charge is 0.361 e. The average molecular weight is 293 g/mol. The number of hydrogen-bond donors (Lipinski definition) is 3. The molecule has 1 amide bonds. The number of nitrogens with two attached hydrogens (primary N) is 1. The molecule has 5 heteroatoms. The quantitative estimate of drug-likeness (QED) is 0.714. The Balaban J connectivity index is 0.00000200. The Hall–Kier alpha value is -1.46. The second kappa shape index (κ2) is 7.97. The van der Waals surface area contributed by atoms with Crippen LogP contribution in [-0.4, -0.2) is 23.5 Å². The second-order valence-electron chi connectivity index (χ2n) is 4.77. The number of rotatable bonds is 6. The number of amides is 1. The normalized spacial score (nSPS) is 11.9.